The molecule has 0 saturated carbocycles. The summed E-state index contributed by atoms with van der Waals surface area (Å²) >= 11 is 3.27. The van der Waals surface area contributed by atoms with Gasteiger partial charge in [0.05, 0.1) is 6.04 Å². The van der Waals surface area contributed by atoms with Crippen LogP contribution in [-0.2, 0) is 0 Å². The number of piperazine rings is 1. The Kier molecular flexibility index (Phi) is 4.42. The van der Waals surface area contributed by atoms with Crippen LogP contribution in [0.2, 0.25) is 0 Å². The van der Waals surface area contributed by atoms with Crippen LogP contribution in [0, 0.1) is 0 Å². The summed E-state index contributed by atoms with van der Waals surface area (Å²) in [4.78, 5) is 5.77. The van der Waals surface area contributed by atoms with E-state index in [1.165, 1.54) is 6.20 Å². The van der Waals surface area contributed by atoms with Crippen LogP contribution in [0.3, 0.4) is 0 Å². The Morgan fingerprint density at radius 1 is 1.29 bits per heavy atom. The molecule has 1 aliphatic rings. The average molecular weight is 306 g/mol. The second-order valence-electron chi connectivity index (χ2n) is 4.00. The van der Waals surface area contributed by atoms with Crippen molar-refractivity contribution < 1.29 is 8.78 Å². The van der Waals surface area contributed by atoms with Crippen molar-refractivity contribution in [3.8, 4) is 0 Å². The fourth-order valence-corrected chi connectivity index (χ4v) is 2.45. The van der Waals surface area contributed by atoms with Gasteiger partial charge in [0.15, 0.2) is 0 Å². The highest BCUT2D eigenvalue weighted by Gasteiger charge is 2.30. The number of nitrogens with one attached hydrogen (secondary N) is 1. The third kappa shape index (κ3) is 3.20. The summed E-state index contributed by atoms with van der Waals surface area (Å²) in [5.41, 5.74) is 0.566. The summed E-state index contributed by atoms with van der Waals surface area (Å²) in [5, 5.41) is 3.16. The van der Waals surface area contributed by atoms with Gasteiger partial charge in [0.25, 0.3) is 6.43 Å². The first-order valence-corrected chi connectivity index (χ1v) is 6.31. The summed E-state index contributed by atoms with van der Waals surface area (Å²) < 4.78 is 27.1. The van der Waals surface area contributed by atoms with Crippen molar-refractivity contribution >= 4 is 15.9 Å². The monoisotopic (exact) mass is 305 g/mol. The number of rotatable bonds is 3. The number of hydrogen-bond acceptors (Lipinski definition) is 3. The smallest absolute Gasteiger partial charge is 0.258 e. The van der Waals surface area contributed by atoms with Crippen molar-refractivity contribution in [2.24, 2.45) is 0 Å². The largest absolute Gasteiger partial charge is 0.314 e. The van der Waals surface area contributed by atoms with E-state index in [0.29, 0.717) is 18.7 Å². The van der Waals surface area contributed by atoms with Crippen molar-refractivity contribution in [2.45, 2.75) is 12.5 Å². The van der Waals surface area contributed by atoms with E-state index < -0.39 is 12.5 Å². The molecule has 1 aromatic heterocycles. The zero-order chi connectivity index (χ0) is 12.3. The van der Waals surface area contributed by atoms with Crippen LogP contribution in [0.4, 0.5) is 8.78 Å². The van der Waals surface area contributed by atoms with Crippen LogP contribution in [0.5, 0.6) is 0 Å². The minimum Gasteiger partial charge on any atom is -0.314 e. The Labute approximate surface area is 107 Å². The molecule has 0 unspecified atom stereocenters. The van der Waals surface area contributed by atoms with Crippen LogP contribution in [0.25, 0.3) is 0 Å². The minimum atomic E-state index is -2.40. The normalized spacial score (nSPS) is 19.5. The predicted molar refractivity (Wildman–Crippen MR) is 65.1 cm³/mol. The van der Waals surface area contributed by atoms with E-state index in [0.717, 1.165) is 17.6 Å². The van der Waals surface area contributed by atoms with Gasteiger partial charge in [-0.15, -0.1) is 0 Å². The standard InChI is InChI=1S/C11H14BrF2N3/c12-9-5-8(6-16-7-9)10(11(13)14)17-3-1-15-2-4-17/h5-7,10-11,15H,1-4H2/t10-/m1/s1. The maximum absolute atomic E-state index is 13.2. The molecular weight excluding hydrogens is 292 g/mol. The molecule has 6 heteroatoms. The van der Waals surface area contributed by atoms with E-state index in [2.05, 4.69) is 26.2 Å². The highest BCUT2D eigenvalue weighted by atomic mass is 79.9. The Morgan fingerprint density at radius 2 is 2.00 bits per heavy atom. The van der Waals surface area contributed by atoms with E-state index >= 15 is 0 Å². The van der Waals surface area contributed by atoms with Crippen molar-refractivity contribution in [2.75, 3.05) is 26.2 Å². The van der Waals surface area contributed by atoms with E-state index in [1.54, 1.807) is 12.3 Å². The van der Waals surface area contributed by atoms with Crippen molar-refractivity contribution in [1.82, 2.24) is 15.2 Å². The van der Waals surface area contributed by atoms with Gasteiger partial charge in [-0.1, -0.05) is 0 Å². The Hall–Kier alpha value is -0.590. The van der Waals surface area contributed by atoms with Gasteiger partial charge in [0.2, 0.25) is 0 Å². The molecule has 0 aromatic carbocycles. The Balaban J connectivity index is 2.21. The van der Waals surface area contributed by atoms with Crippen LogP contribution in [-0.4, -0.2) is 42.5 Å². The van der Waals surface area contributed by atoms with Gasteiger partial charge in [-0.25, -0.2) is 8.78 Å². The highest BCUT2D eigenvalue weighted by Crippen LogP contribution is 2.28. The minimum absolute atomic E-state index is 0.566. The molecule has 1 N–H and O–H groups in total. The lowest BCUT2D eigenvalue weighted by molar-refractivity contribution is 0.0180. The fourth-order valence-electron chi connectivity index (χ4n) is 2.07. The predicted octanol–water partition coefficient (Wildman–Crippen LogP) is 2.06. The maximum Gasteiger partial charge on any atom is 0.258 e. The van der Waals surface area contributed by atoms with Gasteiger partial charge in [-0.3, -0.25) is 9.88 Å². The Morgan fingerprint density at radius 3 is 2.59 bits per heavy atom. The number of pyridine rings is 1. The molecule has 2 rings (SSSR count). The third-order valence-corrected chi connectivity index (χ3v) is 3.28. The van der Waals surface area contributed by atoms with Gasteiger partial charge < -0.3 is 5.32 Å². The molecule has 17 heavy (non-hydrogen) atoms. The fraction of sp³-hybridized carbons (Fsp3) is 0.545. The third-order valence-electron chi connectivity index (χ3n) is 2.85. The highest BCUT2D eigenvalue weighted by molar-refractivity contribution is 9.10. The topological polar surface area (TPSA) is 28.2 Å². The number of hydrogen-bond donors (Lipinski definition) is 1. The zero-order valence-corrected chi connectivity index (χ0v) is 10.8. The van der Waals surface area contributed by atoms with Gasteiger partial charge in [0.1, 0.15) is 0 Å². The second kappa shape index (κ2) is 5.84. The Bertz CT molecular complexity index is 369. The van der Waals surface area contributed by atoms with Crippen molar-refractivity contribution in [3.05, 3.63) is 28.5 Å². The first-order chi connectivity index (χ1) is 8.18. The molecule has 3 nitrogen and oxygen atoms in total. The van der Waals surface area contributed by atoms with Crippen LogP contribution in [0.15, 0.2) is 22.9 Å². The first-order valence-electron chi connectivity index (χ1n) is 5.52. The number of nitrogens with zero attached hydrogens (tertiary/aromatic N) is 2. The summed E-state index contributed by atoms with van der Waals surface area (Å²) in [6, 6.07) is 0.855. The summed E-state index contributed by atoms with van der Waals surface area (Å²) in [7, 11) is 0. The maximum atomic E-state index is 13.2. The van der Waals surface area contributed by atoms with Gasteiger partial charge in [0, 0.05) is 43.0 Å². The van der Waals surface area contributed by atoms with E-state index in [1.807, 2.05) is 4.90 Å². The molecule has 0 radical (unpaired) electrons. The molecule has 1 aliphatic heterocycles. The summed E-state index contributed by atoms with van der Waals surface area (Å²) in [5.74, 6) is 0. The van der Waals surface area contributed by atoms with Gasteiger partial charge in [-0.2, -0.15) is 0 Å². The molecule has 1 saturated heterocycles. The van der Waals surface area contributed by atoms with Crippen molar-refractivity contribution in [3.63, 3.8) is 0 Å². The molecule has 0 aliphatic carbocycles. The molecule has 0 spiro atoms. The molecule has 1 atom stereocenters. The van der Waals surface area contributed by atoms with Gasteiger partial charge in [-0.05, 0) is 27.6 Å². The number of aromatic nitrogens is 1. The SMILES string of the molecule is FC(F)[C@@H](c1cncc(Br)c1)N1CCNCC1. The number of halogens is 3. The van der Waals surface area contributed by atoms with Crippen LogP contribution in [0.1, 0.15) is 11.6 Å². The molecule has 0 amide bonds. The lowest BCUT2D eigenvalue weighted by Gasteiger charge is -2.34. The lowest BCUT2D eigenvalue weighted by atomic mass is 10.1. The molecular formula is C11H14BrF2N3. The van der Waals surface area contributed by atoms with Gasteiger partial charge >= 0.3 is 0 Å². The molecule has 2 heterocycles. The molecule has 1 aromatic rings. The van der Waals surface area contributed by atoms with Crippen LogP contribution >= 0.6 is 15.9 Å². The van der Waals surface area contributed by atoms with Crippen molar-refractivity contribution in [1.29, 1.82) is 0 Å². The summed E-state index contributed by atoms with van der Waals surface area (Å²) in [6.07, 6.45) is 0.720. The second-order valence-corrected chi connectivity index (χ2v) is 4.92. The van der Waals surface area contributed by atoms with E-state index in [4.69, 9.17) is 0 Å². The van der Waals surface area contributed by atoms with E-state index in [9.17, 15) is 8.78 Å². The lowest BCUT2D eigenvalue weighted by Crippen LogP contribution is -2.46. The first kappa shape index (κ1) is 12.9. The molecule has 0 bridgehead atoms. The zero-order valence-electron chi connectivity index (χ0n) is 9.24. The van der Waals surface area contributed by atoms with Crippen LogP contribution < -0.4 is 5.32 Å². The number of alkyl halides is 2. The van der Waals surface area contributed by atoms with E-state index in [-0.39, 0.29) is 0 Å². The average Bonchev–Trinajstić information content (AvgIpc) is 2.30. The quantitative estimate of drug-likeness (QED) is 0.926. The molecule has 94 valence electrons. The molecule has 1 fully saturated rings. The summed E-state index contributed by atoms with van der Waals surface area (Å²) in [6.45, 7) is 2.79.